The molecule has 0 aliphatic carbocycles. The van der Waals surface area contributed by atoms with E-state index in [4.69, 9.17) is 10.8 Å². The Labute approximate surface area is 83.3 Å². The van der Waals surface area contributed by atoms with Gasteiger partial charge in [0.15, 0.2) is 0 Å². The van der Waals surface area contributed by atoms with E-state index in [0.717, 1.165) is 12.1 Å². The summed E-state index contributed by atoms with van der Waals surface area (Å²) in [5.74, 6) is -1.22. The number of carbonyl (C=O) groups is 1. The van der Waals surface area contributed by atoms with E-state index in [1.165, 1.54) is 6.07 Å². The first-order valence-corrected chi connectivity index (χ1v) is 3.98. The quantitative estimate of drug-likeness (QED) is 0.747. The van der Waals surface area contributed by atoms with Crippen molar-refractivity contribution in [1.82, 2.24) is 0 Å². The number of hydrogen-bond donors (Lipinski definition) is 2. The molecule has 0 saturated carbocycles. The summed E-state index contributed by atoms with van der Waals surface area (Å²) in [7, 11) is 0. The monoisotopic (exact) mass is 219 g/mol. The van der Waals surface area contributed by atoms with Crippen LogP contribution in [0.1, 0.15) is 11.1 Å². The number of rotatable bonds is 2. The van der Waals surface area contributed by atoms with Crippen LogP contribution in [0.3, 0.4) is 0 Å². The van der Waals surface area contributed by atoms with E-state index < -0.39 is 29.8 Å². The second-order valence-electron chi connectivity index (χ2n) is 2.95. The molecule has 15 heavy (non-hydrogen) atoms. The molecule has 0 saturated heterocycles. The Kier molecular flexibility index (Phi) is 2.88. The van der Waals surface area contributed by atoms with Crippen molar-refractivity contribution < 1.29 is 23.1 Å². The maximum absolute atomic E-state index is 12.3. The zero-order chi connectivity index (χ0) is 11.6. The highest BCUT2D eigenvalue weighted by Gasteiger charge is 2.33. The van der Waals surface area contributed by atoms with Crippen LogP contribution in [0.4, 0.5) is 18.9 Å². The van der Waals surface area contributed by atoms with Crippen molar-refractivity contribution >= 4 is 11.7 Å². The van der Waals surface area contributed by atoms with Crippen LogP contribution in [0.25, 0.3) is 0 Å². The number of nitrogen functional groups attached to an aromatic ring is 1. The Morgan fingerprint density at radius 3 is 2.47 bits per heavy atom. The van der Waals surface area contributed by atoms with Crippen LogP contribution in [-0.2, 0) is 17.4 Å². The summed E-state index contributed by atoms with van der Waals surface area (Å²) in [5.41, 5.74) is 3.68. The van der Waals surface area contributed by atoms with Gasteiger partial charge in [-0.25, -0.2) is 0 Å². The lowest BCUT2D eigenvalue weighted by molar-refractivity contribution is -0.138. The molecular formula is C9H8F3NO2. The Hall–Kier alpha value is -1.72. The maximum atomic E-state index is 12.3. The van der Waals surface area contributed by atoms with Crippen LogP contribution >= 0.6 is 0 Å². The maximum Gasteiger partial charge on any atom is 0.418 e. The van der Waals surface area contributed by atoms with Gasteiger partial charge < -0.3 is 10.8 Å². The first-order chi connectivity index (χ1) is 6.82. The van der Waals surface area contributed by atoms with Gasteiger partial charge in [-0.2, -0.15) is 13.2 Å². The van der Waals surface area contributed by atoms with E-state index in [9.17, 15) is 18.0 Å². The molecular weight excluding hydrogens is 211 g/mol. The highest BCUT2D eigenvalue weighted by molar-refractivity contribution is 5.73. The Morgan fingerprint density at radius 2 is 2.00 bits per heavy atom. The molecule has 0 aliphatic rings. The smallest absolute Gasteiger partial charge is 0.418 e. The van der Waals surface area contributed by atoms with Crippen molar-refractivity contribution in [2.24, 2.45) is 0 Å². The van der Waals surface area contributed by atoms with Crippen LogP contribution in [-0.4, -0.2) is 11.1 Å². The lowest BCUT2D eigenvalue weighted by Crippen LogP contribution is -2.12. The summed E-state index contributed by atoms with van der Waals surface area (Å²) in [6.07, 6.45) is -5.08. The molecule has 1 aromatic rings. The molecule has 0 radical (unpaired) electrons. The van der Waals surface area contributed by atoms with Crippen molar-refractivity contribution in [2.45, 2.75) is 12.6 Å². The molecule has 0 fully saturated rings. The van der Waals surface area contributed by atoms with Gasteiger partial charge in [-0.1, -0.05) is 12.1 Å². The third-order valence-corrected chi connectivity index (χ3v) is 1.84. The number of benzene rings is 1. The fraction of sp³-hybridized carbons (Fsp3) is 0.222. The lowest BCUT2D eigenvalue weighted by Gasteiger charge is -2.12. The largest absolute Gasteiger partial charge is 0.481 e. The summed E-state index contributed by atoms with van der Waals surface area (Å²) in [6.45, 7) is 0. The summed E-state index contributed by atoms with van der Waals surface area (Å²) >= 11 is 0. The van der Waals surface area contributed by atoms with Gasteiger partial charge in [0.2, 0.25) is 0 Å². The number of alkyl halides is 3. The minimum absolute atomic E-state index is 0.0303. The van der Waals surface area contributed by atoms with E-state index in [-0.39, 0.29) is 5.56 Å². The molecule has 1 aromatic carbocycles. The number of hydrogen-bond acceptors (Lipinski definition) is 2. The Morgan fingerprint density at radius 1 is 1.40 bits per heavy atom. The van der Waals surface area contributed by atoms with E-state index in [1.807, 2.05) is 0 Å². The molecule has 0 bridgehead atoms. The first kappa shape index (κ1) is 11.4. The van der Waals surface area contributed by atoms with E-state index in [2.05, 4.69) is 0 Å². The molecule has 0 amide bonds. The van der Waals surface area contributed by atoms with Crippen molar-refractivity contribution in [3.63, 3.8) is 0 Å². The van der Waals surface area contributed by atoms with Crippen LogP contribution in [0, 0.1) is 0 Å². The number of anilines is 1. The molecule has 82 valence electrons. The van der Waals surface area contributed by atoms with Crippen molar-refractivity contribution in [3.8, 4) is 0 Å². The molecule has 0 heterocycles. The number of carboxylic acid groups (broad SMARTS) is 1. The second-order valence-corrected chi connectivity index (χ2v) is 2.95. The van der Waals surface area contributed by atoms with E-state index in [0.29, 0.717) is 0 Å². The van der Waals surface area contributed by atoms with Gasteiger partial charge in [0.25, 0.3) is 0 Å². The fourth-order valence-electron chi connectivity index (χ4n) is 1.18. The van der Waals surface area contributed by atoms with Crippen LogP contribution in [0.2, 0.25) is 0 Å². The zero-order valence-corrected chi connectivity index (χ0v) is 7.51. The van der Waals surface area contributed by atoms with E-state index in [1.54, 1.807) is 0 Å². The first-order valence-electron chi connectivity index (χ1n) is 3.98. The van der Waals surface area contributed by atoms with Crippen molar-refractivity contribution in [3.05, 3.63) is 29.3 Å². The third kappa shape index (κ3) is 2.61. The Balaban J connectivity index is 3.17. The average molecular weight is 219 g/mol. The van der Waals surface area contributed by atoms with Gasteiger partial charge in [-0.15, -0.1) is 0 Å². The SMILES string of the molecule is Nc1c(CC(=O)O)cccc1C(F)(F)F. The number of halogens is 3. The lowest BCUT2D eigenvalue weighted by atomic mass is 10.0. The number of aliphatic carboxylic acids is 1. The minimum atomic E-state index is -4.56. The van der Waals surface area contributed by atoms with Gasteiger partial charge in [0.05, 0.1) is 12.0 Å². The summed E-state index contributed by atoms with van der Waals surface area (Å²) < 4.78 is 37.0. The second kappa shape index (κ2) is 3.80. The van der Waals surface area contributed by atoms with Gasteiger partial charge in [-0.05, 0) is 11.6 Å². The Bertz CT molecular complexity index is 387. The standard InChI is InChI=1S/C9H8F3NO2/c10-9(11,12)6-3-1-2-5(8(6)13)4-7(14)15/h1-3H,4,13H2,(H,14,15). The molecule has 1 rings (SSSR count). The molecule has 0 spiro atoms. The number of carboxylic acids is 1. The summed E-state index contributed by atoms with van der Waals surface area (Å²) in [5, 5.41) is 8.45. The zero-order valence-electron chi connectivity index (χ0n) is 7.51. The topological polar surface area (TPSA) is 63.3 Å². The molecule has 6 heteroatoms. The number of nitrogens with two attached hydrogens (primary N) is 1. The summed E-state index contributed by atoms with van der Waals surface area (Å²) in [4.78, 5) is 10.3. The van der Waals surface area contributed by atoms with Crippen molar-refractivity contribution in [1.29, 1.82) is 0 Å². The number of para-hydroxylation sites is 1. The molecule has 3 N–H and O–H groups in total. The van der Waals surface area contributed by atoms with Gasteiger partial charge in [0.1, 0.15) is 0 Å². The molecule has 0 unspecified atom stereocenters. The van der Waals surface area contributed by atoms with Gasteiger partial charge in [0, 0.05) is 5.69 Å². The van der Waals surface area contributed by atoms with Crippen LogP contribution in [0.15, 0.2) is 18.2 Å². The fourth-order valence-corrected chi connectivity index (χ4v) is 1.18. The van der Waals surface area contributed by atoms with Gasteiger partial charge >= 0.3 is 12.1 Å². The molecule has 0 atom stereocenters. The molecule has 0 aliphatic heterocycles. The highest BCUT2D eigenvalue weighted by atomic mass is 19.4. The van der Waals surface area contributed by atoms with Crippen LogP contribution < -0.4 is 5.73 Å². The molecule has 3 nitrogen and oxygen atoms in total. The average Bonchev–Trinajstić information content (AvgIpc) is 2.05. The van der Waals surface area contributed by atoms with Gasteiger partial charge in [-0.3, -0.25) is 4.79 Å². The normalized spacial score (nSPS) is 11.4. The predicted molar refractivity (Wildman–Crippen MR) is 47.2 cm³/mol. The highest BCUT2D eigenvalue weighted by Crippen LogP contribution is 2.34. The molecule has 0 aromatic heterocycles. The van der Waals surface area contributed by atoms with E-state index >= 15 is 0 Å². The van der Waals surface area contributed by atoms with Crippen molar-refractivity contribution in [2.75, 3.05) is 5.73 Å². The third-order valence-electron chi connectivity index (χ3n) is 1.84. The van der Waals surface area contributed by atoms with Crippen LogP contribution in [0.5, 0.6) is 0 Å². The summed E-state index contributed by atoms with van der Waals surface area (Å²) in [6, 6.07) is 3.22. The predicted octanol–water partition coefficient (Wildman–Crippen LogP) is 1.91. The minimum Gasteiger partial charge on any atom is -0.481 e.